The number of carboxylic acids is 8. The van der Waals surface area contributed by atoms with E-state index in [1.165, 1.54) is 186 Å². The van der Waals surface area contributed by atoms with Crippen molar-refractivity contribution in [2.75, 3.05) is 0 Å². The molecule has 0 bridgehead atoms. The van der Waals surface area contributed by atoms with E-state index < -0.39 is 47.8 Å². The van der Waals surface area contributed by atoms with Gasteiger partial charge in [-0.25, -0.2) is 0 Å². The van der Waals surface area contributed by atoms with Crippen LogP contribution in [-0.2, 0) is 38.4 Å². The highest BCUT2D eigenvalue weighted by Crippen LogP contribution is 2.23. The molecule has 0 radical (unpaired) electrons. The molecular weight excluding hydrogens is 1100 g/mol. The summed E-state index contributed by atoms with van der Waals surface area (Å²) in [7, 11) is 0. The van der Waals surface area contributed by atoms with E-state index >= 15 is 0 Å². The molecule has 0 atom stereocenters. The fraction of sp³-hybridized carbons (Fsp3) is 0.886. The Balaban J connectivity index is -0.000000166. The van der Waals surface area contributed by atoms with Gasteiger partial charge in [0.25, 0.3) is 0 Å². The van der Waals surface area contributed by atoms with Crippen LogP contribution in [0.25, 0.3) is 0 Å². The molecule has 0 heterocycles. The zero-order valence-corrected chi connectivity index (χ0v) is 56.6. The summed E-state index contributed by atoms with van der Waals surface area (Å²) in [5.74, 6) is -5.29. The first-order chi connectivity index (χ1) is 41.2. The predicted octanol–water partition coefficient (Wildman–Crippen LogP) is 21.4. The summed E-state index contributed by atoms with van der Waals surface area (Å²) in [6.45, 7) is 15.2. The average molecular weight is 1240 g/mol. The monoisotopic (exact) mass is 1230 g/mol. The fourth-order valence-corrected chi connectivity index (χ4v) is 8.75. The van der Waals surface area contributed by atoms with Crippen molar-refractivity contribution in [1.82, 2.24) is 0 Å². The van der Waals surface area contributed by atoms with E-state index in [0.29, 0.717) is 44.9 Å². The summed E-state index contributed by atoms with van der Waals surface area (Å²) >= 11 is 0. The Morgan fingerprint density at radius 3 is 0.442 bits per heavy atom. The minimum Gasteiger partial charge on any atom is -0.481 e. The van der Waals surface area contributed by atoms with E-state index in [4.69, 9.17) is 40.9 Å². The van der Waals surface area contributed by atoms with Crippen LogP contribution in [0.1, 0.15) is 395 Å². The second-order valence-electron chi connectivity index (χ2n) is 23.1. The predicted molar refractivity (Wildman–Crippen MR) is 354 cm³/mol. The van der Waals surface area contributed by atoms with Gasteiger partial charge in [0.1, 0.15) is 0 Å². The van der Waals surface area contributed by atoms with Crippen LogP contribution >= 0.6 is 0 Å². The van der Waals surface area contributed by atoms with Crippen LogP contribution in [0.15, 0.2) is 0 Å². The van der Waals surface area contributed by atoms with Gasteiger partial charge in [0.15, 0.2) is 0 Å². The van der Waals surface area contributed by atoms with Gasteiger partial charge in [0, 0.05) is 44.9 Å². The first-order valence-corrected chi connectivity index (χ1v) is 35.0. The van der Waals surface area contributed by atoms with Gasteiger partial charge >= 0.3 is 47.8 Å². The highest BCUT2D eigenvalue weighted by Gasteiger charge is 2.19. The molecule has 8 N–H and O–H groups in total. The molecule has 0 saturated heterocycles. The van der Waals surface area contributed by atoms with Crippen LogP contribution in [0.4, 0.5) is 0 Å². The molecule has 1 saturated carbocycles. The second kappa shape index (κ2) is 87.2. The standard InChI is InChI=1S/7C9H18O2.C7H12O2/c7*1-2-3-4-5-6-7-8-9(10)11;8-7(9)6-4-2-1-3-5-6/h7*2-8H2,1H3,(H,10,11);6H,1-5H2,(H,8,9). The van der Waals surface area contributed by atoms with Crippen LogP contribution in [-0.4, -0.2) is 88.6 Å². The number of carbonyl (C=O) groups is 8. The second-order valence-corrected chi connectivity index (χ2v) is 23.1. The van der Waals surface area contributed by atoms with Crippen LogP contribution in [0, 0.1) is 5.92 Å². The molecule has 0 aromatic rings. The molecule has 16 heteroatoms. The van der Waals surface area contributed by atoms with Crippen molar-refractivity contribution in [3.05, 3.63) is 0 Å². The first-order valence-electron chi connectivity index (χ1n) is 35.0. The lowest BCUT2D eigenvalue weighted by molar-refractivity contribution is -0.143. The summed E-state index contributed by atoms with van der Waals surface area (Å²) in [6, 6.07) is 0. The molecule has 1 aliphatic rings. The minimum absolute atomic E-state index is 0.0289. The maximum Gasteiger partial charge on any atom is 0.306 e. The maximum absolute atomic E-state index is 10.4. The van der Waals surface area contributed by atoms with Crippen molar-refractivity contribution >= 4 is 47.8 Å². The molecule has 0 spiro atoms. The summed E-state index contributed by atoms with van der Waals surface area (Å²) in [5.41, 5.74) is 0. The topological polar surface area (TPSA) is 298 Å². The molecule has 0 aliphatic heterocycles. The molecule has 0 aromatic heterocycles. The molecule has 1 aliphatic carbocycles. The fourth-order valence-electron chi connectivity index (χ4n) is 8.75. The lowest BCUT2D eigenvalue weighted by Crippen LogP contribution is -2.16. The number of unbranched alkanes of at least 4 members (excludes halogenated alkanes) is 35. The molecule has 0 unspecified atom stereocenters. The minimum atomic E-state index is -0.666. The van der Waals surface area contributed by atoms with Crippen LogP contribution < -0.4 is 0 Å². The Labute approximate surface area is 526 Å². The van der Waals surface area contributed by atoms with Crippen molar-refractivity contribution < 1.29 is 79.2 Å². The van der Waals surface area contributed by atoms with Gasteiger partial charge in [0.2, 0.25) is 0 Å². The molecule has 86 heavy (non-hydrogen) atoms. The van der Waals surface area contributed by atoms with E-state index in [1.54, 1.807) is 0 Å². The molecule has 514 valence electrons. The first kappa shape index (κ1) is 95.4. The number of carboxylic acid groups (broad SMARTS) is 8. The largest absolute Gasteiger partial charge is 0.481 e. The molecule has 0 amide bonds. The quantitative estimate of drug-likeness (QED) is 0.0263. The zero-order chi connectivity index (χ0) is 66.4. The Bertz CT molecular complexity index is 1180. The third kappa shape index (κ3) is 122. The third-order valence-corrected chi connectivity index (χ3v) is 14.2. The van der Waals surface area contributed by atoms with Gasteiger partial charge in [0.05, 0.1) is 5.92 Å². The van der Waals surface area contributed by atoms with Crippen molar-refractivity contribution in [3.63, 3.8) is 0 Å². The van der Waals surface area contributed by atoms with Crippen molar-refractivity contribution in [3.8, 4) is 0 Å². The summed E-state index contributed by atoms with van der Waals surface area (Å²) in [5, 5.41) is 66.8. The molecule has 1 fully saturated rings. The van der Waals surface area contributed by atoms with Crippen LogP contribution in [0.3, 0.4) is 0 Å². The van der Waals surface area contributed by atoms with Gasteiger partial charge in [-0.05, 0) is 57.8 Å². The van der Waals surface area contributed by atoms with Crippen molar-refractivity contribution in [2.24, 2.45) is 5.92 Å². The van der Waals surface area contributed by atoms with Crippen LogP contribution in [0.2, 0.25) is 0 Å². The maximum atomic E-state index is 10.4. The van der Waals surface area contributed by atoms with E-state index in [0.717, 1.165) is 116 Å². The zero-order valence-electron chi connectivity index (χ0n) is 56.6. The van der Waals surface area contributed by atoms with Gasteiger partial charge in [-0.3, -0.25) is 38.4 Å². The normalized spacial score (nSPS) is 11.2. The number of rotatable bonds is 50. The van der Waals surface area contributed by atoms with Gasteiger partial charge in [-0.15, -0.1) is 0 Å². The average Bonchev–Trinajstić information content (AvgIpc) is 3.50. The van der Waals surface area contributed by atoms with E-state index in [-0.39, 0.29) is 5.92 Å². The molecule has 1 rings (SSSR count). The van der Waals surface area contributed by atoms with Gasteiger partial charge in [-0.2, -0.15) is 0 Å². The number of hydrogen-bond acceptors (Lipinski definition) is 8. The molecule has 0 aromatic carbocycles. The third-order valence-electron chi connectivity index (χ3n) is 14.2. The lowest BCUT2D eigenvalue weighted by atomic mass is 9.90. The van der Waals surface area contributed by atoms with E-state index in [1.807, 2.05) is 0 Å². The summed E-state index contributed by atoms with van der Waals surface area (Å²) < 4.78 is 0. The highest BCUT2D eigenvalue weighted by atomic mass is 16.4. The van der Waals surface area contributed by atoms with E-state index in [9.17, 15) is 38.4 Å². The number of aliphatic carboxylic acids is 8. The highest BCUT2D eigenvalue weighted by molar-refractivity contribution is 5.70. The smallest absolute Gasteiger partial charge is 0.306 e. The van der Waals surface area contributed by atoms with Gasteiger partial charge < -0.3 is 40.9 Å². The lowest BCUT2D eigenvalue weighted by Gasteiger charge is -2.16. The van der Waals surface area contributed by atoms with Crippen LogP contribution in [0.5, 0.6) is 0 Å². The van der Waals surface area contributed by atoms with Crippen molar-refractivity contribution in [2.45, 2.75) is 395 Å². The Morgan fingerprint density at radius 2 is 0.337 bits per heavy atom. The number of hydrogen-bond donors (Lipinski definition) is 8. The van der Waals surface area contributed by atoms with E-state index in [2.05, 4.69) is 48.5 Å². The Kier molecular flexibility index (Phi) is 96.7. The Hall–Kier alpha value is -4.24. The van der Waals surface area contributed by atoms with Gasteiger partial charge in [-0.1, -0.05) is 292 Å². The summed E-state index contributed by atoms with van der Waals surface area (Å²) in [6.07, 6.45) is 56.0. The van der Waals surface area contributed by atoms with Crippen molar-refractivity contribution in [1.29, 1.82) is 0 Å². The molecular formula is C70H138O16. The Morgan fingerprint density at radius 1 is 0.209 bits per heavy atom. The summed E-state index contributed by atoms with van der Waals surface area (Å²) in [4.78, 5) is 81.0. The molecule has 16 nitrogen and oxygen atoms in total. The SMILES string of the molecule is CCCCCCCCC(=O)O.CCCCCCCCC(=O)O.CCCCCCCCC(=O)O.CCCCCCCCC(=O)O.CCCCCCCCC(=O)O.CCCCCCCCC(=O)O.CCCCCCCCC(=O)O.O=C(O)C1CCCCC1.